The Labute approximate surface area is 99.2 Å². The van der Waals surface area contributed by atoms with E-state index in [0.29, 0.717) is 6.54 Å². The number of thiophene rings is 1. The van der Waals surface area contributed by atoms with Crippen LogP contribution in [0.15, 0.2) is 11.4 Å². The second kappa shape index (κ2) is 5.32. The number of carbonyl (C=O) groups is 1. The molecule has 1 aliphatic rings. The fourth-order valence-corrected chi connectivity index (χ4v) is 2.59. The lowest BCUT2D eigenvalue weighted by atomic mass is 10.1. The van der Waals surface area contributed by atoms with E-state index in [1.165, 1.54) is 0 Å². The predicted octanol–water partition coefficient (Wildman–Crippen LogP) is 1.09. The number of nitrogens with two attached hydrogens (primary N) is 1. The van der Waals surface area contributed by atoms with Crippen molar-refractivity contribution in [2.24, 2.45) is 0 Å². The third kappa shape index (κ3) is 2.74. The number of nitrogens with one attached hydrogen (secondary N) is 2. The summed E-state index contributed by atoms with van der Waals surface area (Å²) in [7, 11) is 0. The van der Waals surface area contributed by atoms with Crippen LogP contribution < -0.4 is 16.4 Å². The third-order valence-corrected chi connectivity index (χ3v) is 3.76. The van der Waals surface area contributed by atoms with Gasteiger partial charge < -0.3 is 16.4 Å². The van der Waals surface area contributed by atoms with Gasteiger partial charge in [-0.15, -0.1) is 11.3 Å². The van der Waals surface area contributed by atoms with Crippen molar-refractivity contribution in [1.29, 1.82) is 0 Å². The van der Waals surface area contributed by atoms with Crippen molar-refractivity contribution in [1.82, 2.24) is 10.6 Å². The molecule has 4 N–H and O–H groups in total. The lowest BCUT2D eigenvalue weighted by molar-refractivity contribution is -0.122. The second-order valence-corrected chi connectivity index (χ2v) is 5.02. The zero-order chi connectivity index (χ0) is 11.4. The smallest absolute Gasteiger partial charge is 0.237 e. The number of rotatable bonds is 3. The van der Waals surface area contributed by atoms with Crippen LogP contribution in [0.5, 0.6) is 0 Å². The van der Waals surface area contributed by atoms with Gasteiger partial charge in [-0.2, -0.15) is 0 Å². The van der Waals surface area contributed by atoms with E-state index >= 15 is 0 Å². The van der Waals surface area contributed by atoms with E-state index in [1.807, 2.05) is 11.4 Å². The molecule has 16 heavy (non-hydrogen) atoms. The summed E-state index contributed by atoms with van der Waals surface area (Å²) >= 11 is 1.63. The van der Waals surface area contributed by atoms with E-state index in [-0.39, 0.29) is 11.9 Å². The molecule has 1 unspecified atom stereocenters. The Morgan fingerprint density at radius 2 is 2.44 bits per heavy atom. The van der Waals surface area contributed by atoms with Crippen LogP contribution in [-0.2, 0) is 11.3 Å². The first-order valence-corrected chi connectivity index (χ1v) is 6.48. The summed E-state index contributed by atoms with van der Waals surface area (Å²) in [6, 6.07) is 1.83. The maximum Gasteiger partial charge on any atom is 0.237 e. The van der Waals surface area contributed by atoms with Crippen molar-refractivity contribution in [3.8, 4) is 0 Å². The van der Waals surface area contributed by atoms with Crippen LogP contribution in [0.1, 0.15) is 24.1 Å². The molecule has 1 saturated heterocycles. The summed E-state index contributed by atoms with van der Waals surface area (Å²) in [5, 5.41) is 8.15. The zero-order valence-electron chi connectivity index (χ0n) is 9.16. The minimum absolute atomic E-state index is 0.0657. The minimum atomic E-state index is -0.0657. The van der Waals surface area contributed by atoms with Gasteiger partial charge in [-0.3, -0.25) is 4.79 Å². The summed E-state index contributed by atoms with van der Waals surface area (Å²) in [6.07, 6.45) is 3.08. The second-order valence-electron chi connectivity index (χ2n) is 4.02. The highest BCUT2D eigenvalue weighted by molar-refractivity contribution is 7.10. The van der Waals surface area contributed by atoms with E-state index in [4.69, 9.17) is 5.73 Å². The maximum atomic E-state index is 11.7. The number of carbonyl (C=O) groups excluding carboxylic acids is 1. The largest absolute Gasteiger partial charge is 0.398 e. The van der Waals surface area contributed by atoms with Gasteiger partial charge in [0, 0.05) is 23.7 Å². The number of anilines is 1. The molecule has 0 aromatic carbocycles. The molecule has 0 radical (unpaired) electrons. The summed E-state index contributed by atoms with van der Waals surface area (Å²) in [4.78, 5) is 12.8. The molecule has 1 amide bonds. The molecule has 4 nitrogen and oxygen atoms in total. The molecule has 1 atom stereocenters. The van der Waals surface area contributed by atoms with E-state index in [0.717, 1.165) is 36.4 Å². The van der Waals surface area contributed by atoms with Crippen molar-refractivity contribution in [3.05, 3.63) is 16.3 Å². The van der Waals surface area contributed by atoms with Crippen LogP contribution in [0, 0.1) is 0 Å². The van der Waals surface area contributed by atoms with Gasteiger partial charge in [-0.1, -0.05) is 0 Å². The Morgan fingerprint density at radius 1 is 1.56 bits per heavy atom. The van der Waals surface area contributed by atoms with Gasteiger partial charge in [-0.05, 0) is 30.7 Å². The standard InChI is InChI=1S/C11H17N3OS/c12-8-4-6-16-10(8)7-14-9-3-1-2-5-13-11(9)15/h4,6,9,14H,1-3,5,7,12H2,(H,13,15). The molecule has 1 fully saturated rings. The molecule has 1 aliphatic heterocycles. The summed E-state index contributed by atoms with van der Waals surface area (Å²) < 4.78 is 0. The number of hydrogen-bond donors (Lipinski definition) is 3. The van der Waals surface area contributed by atoms with Gasteiger partial charge in [0.15, 0.2) is 0 Å². The van der Waals surface area contributed by atoms with E-state index in [9.17, 15) is 4.79 Å². The van der Waals surface area contributed by atoms with E-state index in [1.54, 1.807) is 11.3 Å². The predicted molar refractivity (Wildman–Crippen MR) is 66.2 cm³/mol. The molecule has 0 aliphatic carbocycles. The van der Waals surface area contributed by atoms with Crippen molar-refractivity contribution >= 4 is 22.9 Å². The van der Waals surface area contributed by atoms with Crippen molar-refractivity contribution < 1.29 is 4.79 Å². The topological polar surface area (TPSA) is 67.2 Å². The van der Waals surface area contributed by atoms with Gasteiger partial charge in [0.2, 0.25) is 5.91 Å². The minimum Gasteiger partial charge on any atom is -0.398 e. The Bertz CT molecular complexity index is 364. The van der Waals surface area contributed by atoms with Gasteiger partial charge >= 0.3 is 0 Å². The molecule has 2 heterocycles. The van der Waals surface area contributed by atoms with Crippen molar-refractivity contribution in [3.63, 3.8) is 0 Å². The first-order valence-electron chi connectivity index (χ1n) is 5.60. The monoisotopic (exact) mass is 239 g/mol. The summed E-state index contributed by atoms with van der Waals surface area (Å²) in [6.45, 7) is 1.49. The number of hydrogen-bond acceptors (Lipinski definition) is 4. The van der Waals surface area contributed by atoms with Gasteiger partial charge in [0.25, 0.3) is 0 Å². The van der Waals surface area contributed by atoms with E-state index in [2.05, 4.69) is 10.6 Å². The SMILES string of the molecule is Nc1ccsc1CNC1CCCCNC1=O. The van der Waals surface area contributed by atoms with Crippen LogP contribution in [0.25, 0.3) is 0 Å². The van der Waals surface area contributed by atoms with Crippen molar-refractivity contribution in [2.75, 3.05) is 12.3 Å². The lowest BCUT2D eigenvalue weighted by Gasteiger charge is -2.14. The molecular formula is C11H17N3OS. The average molecular weight is 239 g/mol. The quantitative estimate of drug-likeness (QED) is 0.739. The molecular weight excluding hydrogens is 222 g/mol. The molecule has 0 bridgehead atoms. The van der Waals surface area contributed by atoms with E-state index < -0.39 is 0 Å². The molecule has 1 aromatic rings. The van der Waals surface area contributed by atoms with Gasteiger partial charge in [0.05, 0.1) is 6.04 Å². The van der Waals surface area contributed by atoms with Gasteiger partial charge in [-0.25, -0.2) is 0 Å². The van der Waals surface area contributed by atoms with Gasteiger partial charge in [0.1, 0.15) is 0 Å². The maximum absolute atomic E-state index is 11.7. The third-order valence-electron chi connectivity index (χ3n) is 2.82. The average Bonchev–Trinajstić information content (AvgIpc) is 2.56. The highest BCUT2D eigenvalue weighted by atomic mass is 32.1. The number of amides is 1. The fraction of sp³-hybridized carbons (Fsp3) is 0.545. The first kappa shape index (κ1) is 11.4. The molecule has 5 heteroatoms. The molecule has 0 spiro atoms. The summed E-state index contributed by atoms with van der Waals surface area (Å²) in [5.74, 6) is 0.118. The van der Waals surface area contributed by atoms with Crippen LogP contribution >= 0.6 is 11.3 Å². The zero-order valence-corrected chi connectivity index (χ0v) is 9.98. The van der Waals surface area contributed by atoms with Crippen LogP contribution in [-0.4, -0.2) is 18.5 Å². The van der Waals surface area contributed by atoms with Crippen LogP contribution in [0.2, 0.25) is 0 Å². The highest BCUT2D eigenvalue weighted by Gasteiger charge is 2.19. The molecule has 2 rings (SSSR count). The number of nitrogen functional groups attached to an aromatic ring is 1. The summed E-state index contributed by atoms with van der Waals surface area (Å²) in [5.41, 5.74) is 6.60. The van der Waals surface area contributed by atoms with Crippen molar-refractivity contribution in [2.45, 2.75) is 31.8 Å². The Balaban J connectivity index is 1.89. The van der Waals surface area contributed by atoms with Crippen LogP contribution in [0.3, 0.4) is 0 Å². The Hall–Kier alpha value is -1.07. The molecule has 88 valence electrons. The molecule has 1 aromatic heterocycles. The van der Waals surface area contributed by atoms with Crippen LogP contribution in [0.4, 0.5) is 5.69 Å². The molecule has 0 saturated carbocycles. The fourth-order valence-electron chi connectivity index (χ4n) is 1.84. The Morgan fingerprint density at radius 3 is 3.19 bits per heavy atom. The normalized spacial score (nSPS) is 21.5. The lowest BCUT2D eigenvalue weighted by Crippen LogP contribution is -2.42. The Kier molecular flexibility index (Phi) is 3.79. The first-order chi connectivity index (χ1) is 7.77. The highest BCUT2D eigenvalue weighted by Crippen LogP contribution is 2.18.